The Morgan fingerprint density at radius 1 is 1.08 bits per heavy atom. The van der Waals surface area contributed by atoms with Crippen LogP contribution in [0, 0.1) is 6.92 Å². The van der Waals surface area contributed by atoms with Gasteiger partial charge in [0.25, 0.3) is 0 Å². The fraction of sp³-hybridized carbons (Fsp3) is 0.333. The molecule has 2 aromatic heterocycles. The van der Waals surface area contributed by atoms with Crippen LogP contribution in [0.3, 0.4) is 0 Å². The van der Waals surface area contributed by atoms with Crippen LogP contribution in [0.25, 0.3) is 17.1 Å². The molecule has 4 rings (SSSR count). The molecule has 12 heteroatoms. The quantitative estimate of drug-likeness (QED) is 0.476. The van der Waals surface area contributed by atoms with E-state index in [9.17, 15) is 18.0 Å². The molecule has 0 atom stereocenters. The van der Waals surface area contributed by atoms with Crippen molar-refractivity contribution in [1.29, 1.82) is 0 Å². The van der Waals surface area contributed by atoms with Gasteiger partial charge in [-0.25, -0.2) is 15.0 Å². The van der Waals surface area contributed by atoms with E-state index in [4.69, 9.17) is 5.11 Å². The Balaban J connectivity index is 1.39. The van der Waals surface area contributed by atoms with Crippen molar-refractivity contribution in [2.24, 2.45) is 0 Å². The van der Waals surface area contributed by atoms with Gasteiger partial charge in [-0.05, 0) is 42.8 Å². The minimum atomic E-state index is -4.76. The molecule has 0 aliphatic carbocycles. The predicted octanol–water partition coefficient (Wildman–Crippen LogP) is 3.00. The van der Waals surface area contributed by atoms with Gasteiger partial charge in [0.1, 0.15) is 17.1 Å². The lowest BCUT2D eigenvalue weighted by molar-refractivity contribution is -0.274. The summed E-state index contributed by atoms with van der Waals surface area (Å²) in [6, 6.07) is 8.56. The molecule has 0 bridgehead atoms. The van der Waals surface area contributed by atoms with Crippen LogP contribution in [0.15, 0.2) is 42.5 Å². The summed E-state index contributed by atoms with van der Waals surface area (Å²) in [5.74, 6) is 0.155. The van der Waals surface area contributed by atoms with Gasteiger partial charge in [-0.3, -0.25) is 9.69 Å². The minimum Gasteiger partial charge on any atom is -0.406 e. The zero-order valence-corrected chi connectivity index (χ0v) is 19.5. The van der Waals surface area contributed by atoms with Gasteiger partial charge < -0.3 is 20.1 Å². The van der Waals surface area contributed by atoms with Crippen LogP contribution in [-0.4, -0.2) is 76.6 Å². The molecule has 3 heterocycles. The number of β-amino-alcohol motifs (C(OH)–C–C–N with tert-alkyl or cyclic N) is 1. The number of amides is 1. The normalized spacial score (nSPS) is 15.0. The van der Waals surface area contributed by atoms with Crippen LogP contribution in [0.1, 0.15) is 11.3 Å². The molecule has 0 radical (unpaired) electrons. The van der Waals surface area contributed by atoms with Crippen LogP contribution in [0.4, 0.5) is 24.9 Å². The lowest BCUT2D eigenvalue weighted by atomic mass is 10.2. The molecule has 36 heavy (non-hydrogen) atoms. The number of aliphatic hydroxyl groups excluding tert-OH is 1. The number of hydrogen-bond acceptors (Lipinski definition) is 8. The molecule has 3 aromatic rings. The Kier molecular flexibility index (Phi) is 7.65. The summed E-state index contributed by atoms with van der Waals surface area (Å²) in [6.45, 7) is 5.79. The van der Waals surface area contributed by atoms with Gasteiger partial charge in [0, 0.05) is 38.8 Å². The van der Waals surface area contributed by atoms with Crippen molar-refractivity contribution in [2.75, 3.05) is 49.5 Å². The van der Waals surface area contributed by atoms with Crippen molar-refractivity contribution in [3.05, 3.63) is 53.7 Å². The number of anilines is 2. The monoisotopic (exact) mass is 502 g/mol. The third kappa shape index (κ3) is 6.67. The second-order valence-electron chi connectivity index (χ2n) is 8.16. The highest BCUT2D eigenvalue weighted by Crippen LogP contribution is 2.23. The first kappa shape index (κ1) is 25.3. The Hall–Kier alpha value is -3.77. The Bertz CT molecular complexity index is 1240. The number of aryl methyl sites for hydroxylation is 1. The molecule has 9 nitrogen and oxygen atoms in total. The number of hydrogen-bond donors (Lipinski definition) is 2. The number of carbonyl (C=O) groups excluding carboxylic acids is 1. The van der Waals surface area contributed by atoms with E-state index in [0.717, 1.165) is 26.2 Å². The summed E-state index contributed by atoms with van der Waals surface area (Å²) in [7, 11) is 0. The van der Waals surface area contributed by atoms with Crippen molar-refractivity contribution < 1.29 is 27.8 Å². The summed E-state index contributed by atoms with van der Waals surface area (Å²) < 4.78 is 40.6. The molecule has 0 unspecified atom stereocenters. The summed E-state index contributed by atoms with van der Waals surface area (Å²) in [4.78, 5) is 30.3. The van der Waals surface area contributed by atoms with Gasteiger partial charge in [-0.1, -0.05) is 12.1 Å². The molecule has 1 aromatic carbocycles. The highest BCUT2D eigenvalue weighted by molar-refractivity contribution is 6.01. The average molecular weight is 502 g/mol. The molecule has 1 saturated heterocycles. The SMILES string of the molecule is Cc1nc(N2CCN(CCO)CC2)nc2ccc(NC(=O)C=Cc3ccc(OC(F)(F)F)cc3)nc12. The van der Waals surface area contributed by atoms with Crippen molar-refractivity contribution in [1.82, 2.24) is 19.9 Å². The van der Waals surface area contributed by atoms with E-state index in [1.807, 2.05) is 6.92 Å². The average Bonchev–Trinajstić information content (AvgIpc) is 2.84. The highest BCUT2D eigenvalue weighted by atomic mass is 19.4. The van der Waals surface area contributed by atoms with E-state index in [2.05, 4.69) is 34.8 Å². The van der Waals surface area contributed by atoms with Crippen molar-refractivity contribution in [2.45, 2.75) is 13.3 Å². The van der Waals surface area contributed by atoms with E-state index in [1.165, 1.54) is 36.4 Å². The van der Waals surface area contributed by atoms with E-state index in [-0.39, 0.29) is 12.4 Å². The van der Waals surface area contributed by atoms with Gasteiger partial charge in [0.2, 0.25) is 11.9 Å². The number of alkyl halides is 3. The molecule has 2 N–H and O–H groups in total. The lowest BCUT2D eigenvalue weighted by Crippen LogP contribution is -2.47. The van der Waals surface area contributed by atoms with Crippen molar-refractivity contribution in [3.63, 3.8) is 0 Å². The van der Waals surface area contributed by atoms with E-state index in [0.29, 0.717) is 40.6 Å². The topological polar surface area (TPSA) is 104 Å². The second-order valence-corrected chi connectivity index (χ2v) is 8.16. The molecule has 0 saturated carbocycles. The second kappa shape index (κ2) is 10.9. The minimum absolute atomic E-state index is 0.139. The molecule has 0 spiro atoms. The molecule has 1 aliphatic rings. The molecular weight excluding hydrogens is 477 g/mol. The van der Waals surface area contributed by atoms with Crippen LogP contribution in [0.5, 0.6) is 5.75 Å². The fourth-order valence-electron chi connectivity index (χ4n) is 3.79. The summed E-state index contributed by atoms with van der Waals surface area (Å²) >= 11 is 0. The van der Waals surface area contributed by atoms with Gasteiger partial charge in [-0.15, -0.1) is 13.2 Å². The summed E-state index contributed by atoms with van der Waals surface area (Å²) in [5.41, 5.74) is 2.44. The predicted molar refractivity (Wildman–Crippen MR) is 129 cm³/mol. The smallest absolute Gasteiger partial charge is 0.406 e. The summed E-state index contributed by atoms with van der Waals surface area (Å²) in [5, 5.41) is 11.8. The van der Waals surface area contributed by atoms with Crippen LogP contribution >= 0.6 is 0 Å². The number of ether oxygens (including phenoxy) is 1. The number of nitrogens with zero attached hydrogens (tertiary/aromatic N) is 5. The Morgan fingerprint density at radius 3 is 2.47 bits per heavy atom. The first-order valence-electron chi connectivity index (χ1n) is 11.3. The van der Waals surface area contributed by atoms with Gasteiger partial charge in [0.05, 0.1) is 17.8 Å². The van der Waals surface area contributed by atoms with Crippen LogP contribution < -0.4 is 15.0 Å². The number of benzene rings is 1. The number of aliphatic hydroxyl groups is 1. The molecule has 1 amide bonds. The Labute approximate surface area is 205 Å². The maximum Gasteiger partial charge on any atom is 0.573 e. The van der Waals surface area contributed by atoms with E-state index in [1.54, 1.807) is 12.1 Å². The number of halogens is 3. The molecule has 1 fully saturated rings. The molecule has 190 valence electrons. The van der Waals surface area contributed by atoms with Crippen LogP contribution in [0.2, 0.25) is 0 Å². The van der Waals surface area contributed by atoms with Crippen molar-refractivity contribution >= 4 is 34.8 Å². The Morgan fingerprint density at radius 2 is 1.81 bits per heavy atom. The lowest BCUT2D eigenvalue weighted by Gasteiger charge is -2.34. The number of aromatic nitrogens is 3. The number of pyridine rings is 1. The largest absolute Gasteiger partial charge is 0.573 e. The fourth-order valence-corrected chi connectivity index (χ4v) is 3.79. The number of carbonyl (C=O) groups is 1. The molecular formula is C24H25F3N6O3. The van der Waals surface area contributed by atoms with Gasteiger partial charge in [-0.2, -0.15) is 0 Å². The third-order valence-corrected chi connectivity index (χ3v) is 5.57. The number of fused-ring (bicyclic) bond motifs is 1. The number of nitrogens with one attached hydrogen (secondary N) is 1. The van der Waals surface area contributed by atoms with E-state index < -0.39 is 12.3 Å². The maximum atomic E-state index is 12.3. The first-order valence-corrected chi connectivity index (χ1v) is 11.3. The van der Waals surface area contributed by atoms with E-state index >= 15 is 0 Å². The summed E-state index contributed by atoms with van der Waals surface area (Å²) in [6.07, 6.45) is -2.03. The zero-order chi connectivity index (χ0) is 25.7. The molecule has 1 aliphatic heterocycles. The first-order chi connectivity index (χ1) is 17.2. The van der Waals surface area contributed by atoms with Crippen molar-refractivity contribution in [3.8, 4) is 5.75 Å². The standard InChI is InChI=1S/C24H25F3N6O3/c1-16-22-19(29-23(28-16)33-12-10-32(11-13-33)14-15-34)7-8-20(31-22)30-21(35)9-4-17-2-5-18(6-3-17)36-24(25,26)27/h2-9,34H,10-15H2,1H3,(H,30,31,35). The number of piperazine rings is 1. The van der Waals surface area contributed by atoms with Gasteiger partial charge >= 0.3 is 6.36 Å². The maximum absolute atomic E-state index is 12.3. The van der Waals surface area contributed by atoms with Gasteiger partial charge in [0.15, 0.2) is 0 Å². The number of rotatable bonds is 7. The van der Waals surface area contributed by atoms with Crippen LogP contribution in [-0.2, 0) is 4.79 Å². The zero-order valence-electron chi connectivity index (χ0n) is 19.5. The highest BCUT2D eigenvalue weighted by Gasteiger charge is 2.30. The third-order valence-electron chi connectivity index (χ3n) is 5.57.